The molecule has 1 amide bonds. The van der Waals surface area contributed by atoms with Crippen molar-refractivity contribution >= 4 is 24.6 Å². The van der Waals surface area contributed by atoms with Crippen LogP contribution in [0.1, 0.15) is 85.1 Å². The molecule has 4 aromatic carbocycles. The van der Waals surface area contributed by atoms with Gasteiger partial charge in [0, 0.05) is 5.56 Å². The SMILES string of the molecule is Cc1cc([C@@H](NC(=O)c2cc(CO[Si](c3ccccc3)(c3ccccc3)C(C)(C)C)cc(C3(C(F)(F)F)CC3)c2)C2CC2)ccc1F. The summed E-state index contributed by atoms with van der Waals surface area (Å²) in [5, 5.41) is 4.88. The summed E-state index contributed by atoms with van der Waals surface area (Å²) in [6, 6.07) is 29.2. The van der Waals surface area contributed by atoms with Gasteiger partial charge < -0.3 is 9.74 Å². The quantitative estimate of drug-likeness (QED) is 0.137. The van der Waals surface area contributed by atoms with Crippen LogP contribution in [0.15, 0.2) is 97.1 Å². The van der Waals surface area contributed by atoms with Crippen LogP contribution in [0.3, 0.4) is 0 Å². The Morgan fingerprint density at radius 1 is 0.894 bits per heavy atom. The molecule has 0 bridgehead atoms. The van der Waals surface area contributed by atoms with Crippen molar-refractivity contribution in [2.75, 3.05) is 0 Å². The molecule has 0 saturated heterocycles. The predicted molar refractivity (Wildman–Crippen MR) is 180 cm³/mol. The number of benzene rings is 4. The Balaban J connectivity index is 1.39. The molecule has 1 N–H and O–H groups in total. The molecule has 0 radical (unpaired) electrons. The van der Waals surface area contributed by atoms with Gasteiger partial charge in [0.05, 0.1) is 18.1 Å². The van der Waals surface area contributed by atoms with E-state index in [-0.39, 0.29) is 53.4 Å². The minimum absolute atomic E-state index is 0.0177. The Bertz CT molecular complexity index is 1700. The summed E-state index contributed by atoms with van der Waals surface area (Å²) in [7, 11) is -3.00. The molecule has 0 unspecified atom stereocenters. The number of carbonyl (C=O) groups is 1. The van der Waals surface area contributed by atoms with Crippen molar-refractivity contribution in [1.29, 1.82) is 0 Å². The number of aryl methyl sites for hydroxylation is 1. The number of hydrogen-bond acceptors (Lipinski definition) is 2. The lowest BCUT2D eigenvalue weighted by atomic mass is 9.91. The fraction of sp³-hybridized carbons (Fsp3) is 0.359. The van der Waals surface area contributed by atoms with Crippen LogP contribution in [0, 0.1) is 18.7 Å². The van der Waals surface area contributed by atoms with E-state index in [0.717, 1.165) is 28.8 Å². The molecule has 0 aliphatic heterocycles. The smallest absolute Gasteiger partial charge is 0.398 e. The largest absolute Gasteiger partial charge is 0.403 e. The van der Waals surface area contributed by atoms with Gasteiger partial charge in [-0.15, -0.1) is 0 Å². The lowest BCUT2D eigenvalue weighted by Crippen LogP contribution is -2.66. The molecule has 2 fully saturated rings. The number of amides is 1. The van der Waals surface area contributed by atoms with Crippen molar-refractivity contribution in [2.45, 2.75) is 82.7 Å². The van der Waals surface area contributed by atoms with Crippen molar-refractivity contribution in [1.82, 2.24) is 5.32 Å². The summed E-state index contributed by atoms with van der Waals surface area (Å²) in [5.74, 6) is -0.583. The lowest BCUT2D eigenvalue weighted by molar-refractivity contribution is -0.160. The molecule has 2 aliphatic rings. The van der Waals surface area contributed by atoms with Gasteiger partial charge in [-0.25, -0.2) is 4.39 Å². The number of rotatable bonds is 10. The zero-order valence-corrected chi connectivity index (χ0v) is 28.3. The monoisotopic (exact) mass is 659 g/mol. The van der Waals surface area contributed by atoms with Gasteiger partial charge in [-0.3, -0.25) is 4.79 Å². The van der Waals surface area contributed by atoms with E-state index in [4.69, 9.17) is 4.43 Å². The minimum Gasteiger partial charge on any atom is -0.403 e. The molecule has 246 valence electrons. The molecule has 3 nitrogen and oxygen atoms in total. The van der Waals surface area contributed by atoms with Gasteiger partial charge >= 0.3 is 6.18 Å². The molecule has 1 atom stereocenters. The summed E-state index contributed by atoms with van der Waals surface area (Å²) in [6.07, 6.45) is -2.65. The van der Waals surface area contributed by atoms with Gasteiger partial charge in [-0.1, -0.05) is 99.6 Å². The number of alkyl halides is 3. The van der Waals surface area contributed by atoms with Crippen LogP contribution in [0.2, 0.25) is 5.04 Å². The molecule has 2 aliphatic carbocycles. The van der Waals surface area contributed by atoms with E-state index in [1.165, 1.54) is 12.1 Å². The van der Waals surface area contributed by atoms with Crippen molar-refractivity contribution < 1.29 is 26.8 Å². The highest BCUT2D eigenvalue weighted by Gasteiger charge is 2.64. The van der Waals surface area contributed by atoms with Crippen LogP contribution < -0.4 is 15.7 Å². The average Bonchev–Trinajstić information content (AvgIpc) is 3.96. The third-order valence-corrected chi connectivity index (χ3v) is 14.9. The third kappa shape index (κ3) is 6.42. The van der Waals surface area contributed by atoms with Gasteiger partial charge in [0.25, 0.3) is 14.2 Å². The summed E-state index contributed by atoms with van der Waals surface area (Å²) in [5.41, 5.74) is 0.0899. The first kappa shape index (κ1) is 33.2. The molecule has 0 heterocycles. The van der Waals surface area contributed by atoms with Crippen molar-refractivity contribution in [3.63, 3.8) is 0 Å². The second kappa shape index (κ2) is 12.4. The third-order valence-electron chi connectivity index (χ3n) is 9.89. The Morgan fingerprint density at radius 2 is 1.49 bits per heavy atom. The average molecular weight is 660 g/mol. The van der Waals surface area contributed by atoms with Crippen LogP contribution in [0.5, 0.6) is 0 Å². The Morgan fingerprint density at radius 3 is 1.98 bits per heavy atom. The fourth-order valence-corrected chi connectivity index (χ4v) is 11.5. The number of halogens is 4. The maximum Gasteiger partial charge on any atom is 0.398 e. The minimum atomic E-state index is -4.44. The van der Waals surface area contributed by atoms with E-state index in [1.807, 2.05) is 36.4 Å². The maximum absolute atomic E-state index is 14.5. The first-order valence-corrected chi connectivity index (χ1v) is 18.2. The fourth-order valence-electron chi connectivity index (χ4n) is 6.99. The number of hydrogen-bond donors (Lipinski definition) is 1. The van der Waals surface area contributed by atoms with Gasteiger partial charge in [-0.05, 0) is 94.4 Å². The molecular weight excluding hydrogens is 619 g/mol. The highest BCUT2D eigenvalue weighted by molar-refractivity contribution is 6.99. The maximum atomic E-state index is 14.5. The highest BCUT2D eigenvalue weighted by Crippen LogP contribution is 2.59. The van der Waals surface area contributed by atoms with Gasteiger partial charge in [0.15, 0.2) is 0 Å². The molecular formula is C39H41F4NO2Si. The van der Waals surface area contributed by atoms with Crippen LogP contribution in [-0.2, 0) is 16.4 Å². The number of carbonyl (C=O) groups excluding carboxylic acids is 1. The molecule has 4 aromatic rings. The number of nitrogens with one attached hydrogen (secondary N) is 1. The lowest BCUT2D eigenvalue weighted by Gasteiger charge is -2.43. The Labute approximate surface area is 275 Å². The van der Waals surface area contributed by atoms with Crippen molar-refractivity contribution in [2.24, 2.45) is 5.92 Å². The first-order chi connectivity index (χ1) is 22.2. The van der Waals surface area contributed by atoms with E-state index in [0.29, 0.717) is 11.1 Å². The molecule has 2 saturated carbocycles. The van der Waals surface area contributed by atoms with Crippen LogP contribution in [0.25, 0.3) is 0 Å². The molecule has 0 spiro atoms. The van der Waals surface area contributed by atoms with E-state index >= 15 is 0 Å². The Hall–Kier alpha value is -3.75. The van der Waals surface area contributed by atoms with Gasteiger partial charge in [0.1, 0.15) is 5.82 Å². The standard InChI is InChI=1S/C39H41F4NO2Si/c1-26-21-29(17-18-34(26)40)35(28-15-16-28)44-36(45)30-22-27(23-31(24-30)38(19-20-38)39(41,42)43)25-46-47(37(2,3)4,32-11-7-5-8-12-32)33-13-9-6-10-14-33/h5-14,17-18,21-24,28,35H,15-16,19-20,25H2,1-4H3,(H,44,45)/t35-/m0/s1. The second-order valence-electron chi connectivity index (χ2n) is 14.2. The van der Waals surface area contributed by atoms with Crippen LogP contribution in [-0.4, -0.2) is 20.4 Å². The summed E-state index contributed by atoms with van der Waals surface area (Å²) in [4.78, 5) is 13.9. The molecule has 47 heavy (non-hydrogen) atoms. The van der Waals surface area contributed by atoms with E-state index in [2.05, 4.69) is 50.4 Å². The summed E-state index contributed by atoms with van der Waals surface area (Å²) in [6.45, 7) is 8.16. The second-order valence-corrected chi connectivity index (χ2v) is 18.6. The van der Waals surface area contributed by atoms with Gasteiger partial charge in [-0.2, -0.15) is 13.2 Å². The predicted octanol–water partition coefficient (Wildman–Crippen LogP) is 8.69. The van der Waals surface area contributed by atoms with Crippen LogP contribution >= 0.6 is 0 Å². The molecule has 8 heteroatoms. The van der Waals surface area contributed by atoms with Gasteiger partial charge in [0.2, 0.25) is 0 Å². The van der Waals surface area contributed by atoms with E-state index in [1.54, 1.807) is 31.2 Å². The summed E-state index contributed by atoms with van der Waals surface area (Å²) >= 11 is 0. The normalized spacial score (nSPS) is 16.9. The van der Waals surface area contributed by atoms with E-state index in [9.17, 15) is 22.4 Å². The highest BCUT2D eigenvalue weighted by atomic mass is 28.4. The van der Waals surface area contributed by atoms with Crippen LogP contribution in [0.4, 0.5) is 17.6 Å². The molecule has 0 aromatic heterocycles. The first-order valence-electron chi connectivity index (χ1n) is 16.3. The zero-order chi connectivity index (χ0) is 33.6. The summed E-state index contributed by atoms with van der Waals surface area (Å²) < 4.78 is 64.6. The zero-order valence-electron chi connectivity index (χ0n) is 27.3. The van der Waals surface area contributed by atoms with Crippen molar-refractivity contribution in [3.8, 4) is 0 Å². The Kier molecular flexibility index (Phi) is 8.72. The topological polar surface area (TPSA) is 38.3 Å². The molecule has 6 rings (SSSR count). The van der Waals surface area contributed by atoms with Crippen molar-refractivity contribution in [3.05, 3.63) is 131 Å². The van der Waals surface area contributed by atoms with E-state index < -0.39 is 25.8 Å².